The van der Waals surface area contributed by atoms with Gasteiger partial charge in [-0.1, -0.05) is 12.1 Å². The minimum atomic E-state index is -0.840. The summed E-state index contributed by atoms with van der Waals surface area (Å²) in [5.41, 5.74) is 0.778. The molecule has 1 amide bonds. The summed E-state index contributed by atoms with van der Waals surface area (Å²) in [5, 5.41) is 11.0. The van der Waals surface area contributed by atoms with E-state index in [1.54, 1.807) is 38.1 Å². The van der Waals surface area contributed by atoms with Gasteiger partial charge in [-0.25, -0.2) is 9.18 Å². The summed E-state index contributed by atoms with van der Waals surface area (Å²) in [7, 11) is 3.36. The number of hydrogen-bond acceptors (Lipinski definition) is 6. The Hall–Kier alpha value is -3.49. The van der Waals surface area contributed by atoms with Crippen molar-refractivity contribution in [3.05, 3.63) is 69.5 Å². The Labute approximate surface area is 167 Å². The van der Waals surface area contributed by atoms with Gasteiger partial charge in [-0.2, -0.15) is 0 Å². The molecule has 0 unspecified atom stereocenters. The topological polar surface area (TPSA) is 93.0 Å². The first-order valence-electron chi connectivity index (χ1n) is 8.88. The van der Waals surface area contributed by atoms with Gasteiger partial charge in [0.1, 0.15) is 5.82 Å². The Bertz CT molecular complexity index is 917. The molecule has 8 nitrogen and oxygen atoms in total. The highest BCUT2D eigenvalue weighted by molar-refractivity contribution is 5.97. The predicted molar refractivity (Wildman–Crippen MR) is 105 cm³/mol. The van der Waals surface area contributed by atoms with Crippen LogP contribution in [0.1, 0.15) is 22.8 Å². The smallest absolute Gasteiger partial charge is 0.341 e. The fourth-order valence-corrected chi connectivity index (χ4v) is 2.72. The van der Waals surface area contributed by atoms with Gasteiger partial charge in [0.05, 0.1) is 16.2 Å². The van der Waals surface area contributed by atoms with Gasteiger partial charge in [-0.05, 0) is 30.7 Å². The first-order valence-corrected chi connectivity index (χ1v) is 8.88. The minimum Gasteiger partial charge on any atom is -0.452 e. The van der Waals surface area contributed by atoms with E-state index < -0.39 is 29.2 Å². The quantitative estimate of drug-likeness (QED) is 0.382. The molecular formula is C20H22FN3O5. The number of benzene rings is 2. The fourth-order valence-electron chi connectivity index (χ4n) is 2.72. The molecule has 0 spiro atoms. The van der Waals surface area contributed by atoms with Gasteiger partial charge in [0, 0.05) is 39.3 Å². The molecule has 29 heavy (non-hydrogen) atoms. The molecule has 0 aliphatic carbocycles. The number of ether oxygens (including phenoxy) is 1. The van der Waals surface area contributed by atoms with Gasteiger partial charge in [-0.15, -0.1) is 0 Å². The second kappa shape index (κ2) is 9.63. The van der Waals surface area contributed by atoms with E-state index in [9.17, 15) is 24.1 Å². The van der Waals surface area contributed by atoms with Gasteiger partial charge in [0.2, 0.25) is 0 Å². The van der Waals surface area contributed by atoms with Crippen LogP contribution in [-0.2, 0) is 16.1 Å². The number of esters is 1. The molecule has 2 rings (SSSR count). The number of halogens is 1. The number of carbonyl (C=O) groups excluding carboxylic acids is 2. The van der Waals surface area contributed by atoms with E-state index in [0.717, 1.165) is 6.07 Å². The van der Waals surface area contributed by atoms with Crippen LogP contribution in [0.15, 0.2) is 42.5 Å². The molecule has 0 fully saturated rings. The number of nitro groups is 1. The Morgan fingerprint density at radius 3 is 2.48 bits per heavy atom. The number of hydrogen-bond donors (Lipinski definition) is 0. The van der Waals surface area contributed by atoms with Crippen molar-refractivity contribution >= 4 is 23.3 Å². The van der Waals surface area contributed by atoms with E-state index in [-0.39, 0.29) is 17.8 Å². The molecule has 9 heteroatoms. The number of rotatable bonds is 8. The molecule has 2 aromatic rings. The molecular weight excluding hydrogens is 381 g/mol. The van der Waals surface area contributed by atoms with Crippen molar-refractivity contribution in [3.8, 4) is 0 Å². The molecule has 0 aliphatic rings. The molecule has 0 atom stereocenters. The number of anilines is 1. The van der Waals surface area contributed by atoms with Crippen molar-refractivity contribution in [2.45, 2.75) is 13.5 Å². The Kier molecular flexibility index (Phi) is 7.24. The monoisotopic (exact) mass is 403 g/mol. The van der Waals surface area contributed by atoms with E-state index in [1.165, 1.54) is 29.2 Å². The molecule has 0 N–H and O–H groups in total. The van der Waals surface area contributed by atoms with Crippen molar-refractivity contribution in [1.29, 1.82) is 0 Å². The highest BCUT2D eigenvalue weighted by atomic mass is 19.1. The third kappa shape index (κ3) is 5.74. The molecule has 0 saturated heterocycles. The number of amides is 1. The van der Waals surface area contributed by atoms with Crippen LogP contribution in [0.3, 0.4) is 0 Å². The zero-order chi connectivity index (χ0) is 21.6. The van der Waals surface area contributed by atoms with Crippen molar-refractivity contribution in [2.24, 2.45) is 0 Å². The zero-order valence-corrected chi connectivity index (χ0v) is 16.4. The lowest BCUT2D eigenvalue weighted by atomic mass is 10.1. The Balaban J connectivity index is 2.09. The van der Waals surface area contributed by atoms with E-state index in [2.05, 4.69) is 0 Å². The van der Waals surface area contributed by atoms with E-state index in [1.807, 2.05) is 0 Å². The summed E-state index contributed by atoms with van der Waals surface area (Å²) in [4.78, 5) is 38.3. The Morgan fingerprint density at radius 2 is 1.90 bits per heavy atom. The third-order valence-corrected chi connectivity index (χ3v) is 4.22. The normalized spacial score (nSPS) is 10.3. The molecule has 0 aromatic heterocycles. The van der Waals surface area contributed by atoms with Crippen LogP contribution in [0.25, 0.3) is 0 Å². The molecule has 2 aromatic carbocycles. The van der Waals surface area contributed by atoms with Crippen LogP contribution in [0, 0.1) is 15.9 Å². The number of likely N-dealkylation sites (N-methyl/N-ethyl adjacent to an activating group) is 1. The second-order valence-corrected chi connectivity index (χ2v) is 6.47. The highest BCUT2D eigenvalue weighted by Gasteiger charge is 2.21. The molecule has 0 radical (unpaired) electrons. The predicted octanol–water partition coefficient (Wildman–Crippen LogP) is 3.01. The van der Waals surface area contributed by atoms with E-state index >= 15 is 0 Å². The summed E-state index contributed by atoms with van der Waals surface area (Å²) in [6.07, 6.45) is 0. The van der Waals surface area contributed by atoms with Crippen LogP contribution in [0.4, 0.5) is 15.8 Å². The summed E-state index contributed by atoms with van der Waals surface area (Å²) in [6.45, 7) is 1.73. The lowest BCUT2D eigenvalue weighted by molar-refractivity contribution is -0.384. The molecule has 0 saturated carbocycles. The maximum atomic E-state index is 13.3. The summed E-state index contributed by atoms with van der Waals surface area (Å²) < 4.78 is 18.4. The lowest BCUT2D eigenvalue weighted by Gasteiger charge is -2.21. The number of nitrogens with zero attached hydrogens (tertiary/aromatic N) is 3. The first-order chi connectivity index (χ1) is 13.7. The van der Waals surface area contributed by atoms with E-state index in [4.69, 9.17) is 4.74 Å². The van der Waals surface area contributed by atoms with Crippen molar-refractivity contribution in [1.82, 2.24) is 4.90 Å². The molecule has 0 heterocycles. The third-order valence-electron chi connectivity index (χ3n) is 4.22. The summed E-state index contributed by atoms with van der Waals surface area (Å²) in [5.74, 6) is -1.70. The average molecular weight is 403 g/mol. The van der Waals surface area contributed by atoms with Crippen LogP contribution >= 0.6 is 0 Å². The van der Waals surface area contributed by atoms with Gasteiger partial charge in [-0.3, -0.25) is 14.9 Å². The molecule has 0 bridgehead atoms. The maximum Gasteiger partial charge on any atom is 0.341 e. The van der Waals surface area contributed by atoms with Gasteiger partial charge in [0.25, 0.3) is 11.6 Å². The summed E-state index contributed by atoms with van der Waals surface area (Å²) in [6, 6.07) is 9.73. The van der Waals surface area contributed by atoms with Crippen LogP contribution in [0.5, 0.6) is 0 Å². The van der Waals surface area contributed by atoms with Crippen molar-refractivity contribution in [2.75, 3.05) is 32.1 Å². The first kappa shape index (κ1) is 21.8. The van der Waals surface area contributed by atoms with E-state index in [0.29, 0.717) is 17.8 Å². The zero-order valence-electron chi connectivity index (χ0n) is 16.4. The van der Waals surface area contributed by atoms with Gasteiger partial charge >= 0.3 is 5.97 Å². The fraction of sp³-hybridized carbons (Fsp3) is 0.300. The minimum absolute atomic E-state index is 0.00909. The molecule has 0 aliphatic heterocycles. The van der Waals surface area contributed by atoms with Gasteiger partial charge < -0.3 is 14.5 Å². The van der Waals surface area contributed by atoms with Crippen molar-refractivity contribution < 1.29 is 23.6 Å². The summed E-state index contributed by atoms with van der Waals surface area (Å²) >= 11 is 0. The van der Waals surface area contributed by atoms with Gasteiger partial charge in [0.15, 0.2) is 6.61 Å². The SMILES string of the molecule is CCN(Cc1cccc(F)c1)C(=O)COC(=O)c1cc([N+](=O)[O-])ccc1N(C)C. The second-order valence-electron chi connectivity index (χ2n) is 6.47. The number of carbonyl (C=O) groups is 2. The van der Waals surface area contributed by atoms with Crippen LogP contribution in [0.2, 0.25) is 0 Å². The average Bonchev–Trinajstić information content (AvgIpc) is 2.69. The lowest BCUT2D eigenvalue weighted by Crippen LogP contribution is -2.34. The highest BCUT2D eigenvalue weighted by Crippen LogP contribution is 2.25. The van der Waals surface area contributed by atoms with Crippen LogP contribution in [-0.4, -0.2) is 48.9 Å². The molecule has 154 valence electrons. The Morgan fingerprint density at radius 1 is 1.17 bits per heavy atom. The maximum absolute atomic E-state index is 13.3. The number of nitro benzene ring substituents is 1. The van der Waals surface area contributed by atoms with Crippen molar-refractivity contribution in [3.63, 3.8) is 0 Å². The largest absolute Gasteiger partial charge is 0.452 e. The van der Waals surface area contributed by atoms with Crippen LogP contribution < -0.4 is 4.90 Å². The number of non-ortho nitro benzene ring substituents is 1. The standard InChI is InChI=1S/C20H22FN3O5/c1-4-23(12-14-6-5-7-15(21)10-14)19(25)13-29-20(26)17-11-16(24(27)28)8-9-18(17)22(2)3/h5-11H,4,12-13H2,1-3H3.